The van der Waals surface area contributed by atoms with E-state index in [2.05, 4.69) is 31.7 Å². The highest BCUT2D eigenvalue weighted by molar-refractivity contribution is 7.80. The molecule has 0 aliphatic heterocycles. The Morgan fingerprint density at radius 3 is 2.54 bits per heavy atom. The van der Waals surface area contributed by atoms with Gasteiger partial charge in [-0.3, -0.25) is 0 Å². The Labute approximate surface area is 167 Å². The molecule has 26 heavy (non-hydrogen) atoms. The van der Waals surface area contributed by atoms with Crippen LogP contribution in [0.1, 0.15) is 90.4 Å². The molecule has 3 atom stereocenters. The highest BCUT2D eigenvalue weighted by Gasteiger charge is 2.41. The molecule has 0 heterocycles. The maximum atomic E-state index is 4.40. The predicted molar refractivity (Wildman–Crippen MR) is 117 cm³/mol. The third kappa shape index (κ3) is 4.81. The van der Waals surface area contributed by atoms with E-state index in [1.165, 1.54) is 77.0 Å². The van der Waals surface area contributed by atoms with Crippen LogP contribution >= 0.6 is 12.6 Å². The third-order valence-corrected chi connectivity index (χ3v) is 8.29. The molecule has 1 heteroatoms. The van der Waals surface area contributed by atoms with Crippen LogP contribution in [0.15, 0.2) is 23.3 Å². The van der Waals surface area contributed by atoms with E-state index in [9.17, 15) is 0 Å². The fraction of sp³-hybridized carbons (Fsp3) is 0.840. The number of rotatable bonds is 10. The molecule has 4 aliphatic carbocycles. The molecule has 0 saturated heterocycles. The lowest BCUT2D eigenvalue weighted by molar-refractivity contribution is 0.200. The first kappa shape index (κ1) is 19.2. The van der Waals surface area contributed by atoms with Gasteiger partial charge in [0, 0.05) is 0 Å². The minimum absolute atomic E-state index is 0.867. The molecule has 0 nitrogen and oxygen atoms in total. The molecule has 0 bridgehead atoms. The van der Waals surface area contributed by atoms with Crippen molar-refractivity contribution < 1.29 is 0 Å². The zero-order valence-electron chi connectivity index (χ0n) is 17.0. The first-order chi connectivity index (χ1) is 12.8. The quantitative estimate of drug-likeness (QED) is 0.228. The second-order valence-corrected chi connectivity index (χ2v) is 10.3. The number of hydrogen-bond donors (Lipinski definition) is 1. The predicted octanol–water partition coefficient (Wildman–Crippen LogP) is 7.61. The maximum Gasteiger partial charge on any atom is -0.00950 e. The van der Waals surface area contributed by atoms with Crippen LogP contribution < -0.4 is 0 Å². The van der Waals surface area contributed by atoms with Crippen molar-refractivity contribution in [3.8, 4) is 0 Å². The van der Waals surface area contributed by atoms with Gasteiger partial charge in [0.15, 0.2) is 0 Å². The molecule has 0 spiro atoms. The summed E-state index contributed by atoms with van der Waals surface area (Å²) < 4.78 is 0. The molecule has 146 valence electrons. The van der Waals surface area contributed by atoms with Gasteiger partial charge in [0.2, 0.25) is 0 Å². The average molecular weight is 373 g/mol. The fourth-order valence-electron chi connectivity index (χ4n) is 5.77. The van der Waals surface area contributed by atoms with E-state index < -0.39 is 0 Å². The Bertz CT molecular complexity index is 520. The smallest absolute Gasteiger partial charge is 0.00950 e. The molecule has 0 aromatic heterocycles. The fourth-order valence-corrected chi connectivity index (χ4v) is 5.95. The molecule has 0 radical (unpaired) electrons. The standard InChI is InChI=1S/C25H40S/c1-2-20-17-25(20)24(5-3-4-14-26)22-12-10-21(11-13-22)23-15-19(16-23)9-8-18-6-7-18/h5,10,18-20,22-23,25-26H,2-4,6-9,11-17H2,1H3/b24-5-. The Kier molecular flexibility index (Phi) is 6.55. The number of unbranched alkanes of at least 4 members (excludes halogenated alkanes) is 1. The minimum atomic E-state index is 0.867. The van der Waals surface area contributed by atoms with Gasteiger partial charge in [0.1, 0.15) is 0 Å². The monoisotopic (exact) mass is 372 g/mol. The van der Waals surface area contributed by atoms with Gasteiger partial charge in [-0.05, 0) is 92.6 Å². The van der Waals surface area contributed by atoms with Crippen LogP contribution in [0, 0.1) is 35.5 Å². The van der Waals surface area contributed by atoms with Crippen LogP contribution in [0.4, 0.5) is 0 Å². The van der Waals surface area contributed by atoms with Crippen LogP contribution in [-0.4, -0.2) is 5.75 Å². The molecule has 0 N–H and O–H groups in total. The molecule has 3 fully saturated rings. The number of thiol groups is 1. The van der Waals surface area contributed by atoms with Gasteiger partial charge in [0.05, 0.1) is 0 Å². The van der Waals surface area contributed by atoms with Crippen molar-refractivity contribution in [2.24, 2.45) is 35.5 Å². The highest BCUT2D eigenvalue weighted by atomic mass is 32.1. The van der Waals surface area contributed by atoms with Crippen LogP contribution in [-0.2, 0) is 0 Å². The van der Waals surface area contributed by atoms with Crippen molar-refractivity contribution in [2.75, 3.05) is 5.75 Å². The van der Waals surface area contributed by atoms with Gasteiger partial charge < -0.3 is 0 Å². The van der Waals surface area contributed by atoms with E-state index in [1.807, 2.05) is 11.1 Å². The van der Waals surface area contributed by atoms with Gasteiger partial charge in [-0.15, -0.1) is 0 Å². The molecule has 0 aromatic carbocycles. The first-order valence-corrected chi connectivity index (χ1v) is 12.4. The summed E-state index contributed by atoms with van der Waals surface area (Å²) in [6.07, 6.45) is 24.1. The summed E-state index contributed by atoms with van der Waals surface area (Å²) >= 11 is 4.40. The van der Waals surface area contributed by atoms with Gasteiger partial charge >= 0.3 is 0 Å². The zero-order chi connectivity index (χ0) is 17.9. The summed E-state index contributed by atoms with van der Waals surface area (Å²) in [5.74, 6) is 7.02. The van der Waals surface area contributed by atoms with Crippen molar-refractivity contribution >= 4 is 12.6 Å². The van der Waals surface area contributed by atoms with Crippen LogP contribution in [0.25, 0.3) is 0 Å². The summed E-state index contributed by atoms with van der Waals surface area (Å²) in [6, 6.07) is 0. The van der Waals surface area contributed by atoms with Crippen LogP contribution in [0.5, 0.6) is 0 Å². The van der Waals surface area contributed by atoms with Gasteiger partial charge in [-0.1, -0.05) is 62.3 Å². The molecule has 0 aromatic rings. The lowest BCUT2D eigenvalue weighted by Crippen LogP contribution is -2.27. The van der Waals surface area contributed by atoms with E-state index in [-0.39, 0.29) is 0 Å². The second kappa shape index (κ2) is 8.89. The Hall–Kier alpha value is -0.170. The van der Waals surface area contributed by atoms with Crippen molar-refractivity contribution in [1.82, 2.24) is 0 Å². The minimum Gasteiger partial charge on any atom is -0.179 e. The normalized spacial score (nSPS) is 37.2. The molecule has 3 unspecified atom stereocenters. The molecule has 4 rings (SSSR count). The summed E-state index contributed by atoms with van der Waals surface area (Å²) in [7, 11) is 0. The average Bonchev–Trinajstić information content (AvgIpc) is 3.53. The Balaban J connectivity index is 1.26. The number of hydrogen-bond acceptors (Lipinski definition) is 1. The van der Waals surface area contributed by atoms with E-state index >= 15 is 0 Å². The largest absolute Gasteiger partial charge is 0.179 e. The van der Waals surface area contributed by atoms with Crippen molar-refractivity contribution in [3.63, 3.8) is 0 Å². The molecule has 0 amide bonds. The van der Waals surface area contributed by atoms with E-state index in [0.29, 0.717) is 0 Å². The molecular weight excluding hydrogens is 332 g/mol. The summed E-state index contributed by atoms with van der Waals surface area (Å²) in [4.78, 5) is 0. The van der Waals surface area contributed by atoms with E-state index in [0.717, 1.165) is 41.3 Å². The van der Waals surface area contributed by atoms with Crippen molar-refractivity contribution in [3.05, 3.63) is 23.3 Å². The number of allylic oxidation sites excluding steroid dienone is 4. The van der Waals surface area contributed by atoms with Gasteiger partial charge in [-0.25, -0.2) is 0 Å². The maximum absolute atomic E-state index is 4.40. The Morgan fingerprint density at radius 2 is 1.92 bits per heavy atom. The Morgan fingerprint density at radius 1 is 1.12 bits per heavy atom. The molecule has 4 aliphatic rings. The summed E-state index contributed by atoms with van der Waals surface area (Å²) in [6.45, 7) is 2.38. The summed E-state index contributed by atoms with van der Waals surface area (Å²) in [5.41, 5.74) is 3.70. The highest BCUT2D eigenvalue weighted by Crippen LogP contribution is 2.52. The third-order valence-electron chi connectivity index (χ3n) is 7.97. The SMILES string of the molecule is CCC1CC1/C(=C\CCCS)C1CC=C(C2CC(CCC3CC3)C2)CC1. The van der Waals surface area contributed by atoms with Gasteiger partial charge in [-0.2, -0.15) is 12.6 Å². The zero-order valence-corrected chi connectivity index (χ0v) is 17.9. The topological polar surface area (TPSA) is 0 Å². The van der Waals surface area contributed by atoms with Crippen LogP contribution in [0.2, 0.25) is 0 Å². The lowest BCUT2D eigenvalue weighted by Gasteiger charge is -2.39. The van der Waals surface area contributed by atoms with E-state index in [4.69, 9.17) is 0 Å². The second-order valence-electron chi connectivity index (χ2n) is 9.89. The first-order valence-electron chi connectivity index (χ1n) is 11.8. The van der Waals surface area contributed by atoms with Crippen LogP contribution in [0.3, 0.4) is 0 Å². The molecule has 3 saturated carbocycles. The van der Waals surface area contributed by atoms with Crippen molar-refractivity contribution in [1.29, 1.82) is 0 Å². The van der Waals surface area contributed by atoms with E-state index in [1.54, 1.807) is 6.42 Å². The van der Waals surface area contributed by atoms with Gasteiger partial charge in [0.25, 0.3) is 0 Å². The summed E-state index contributed by atoms with van der Waals surface area (Å²) in [5, 5.41) is 0. The molecular formula is C25H40S. The lowest BCUT2D eigenvalue weighted by atomic mass is 9.66. The van der Waals surface area contributed by atoms with Crippen molar-refractivity contribution in [2.45, 2.75) is 90.4 Å².